The van der Waals surface area contributed by atoms with Crippen molar-refractivity contribution in [3.63, 3.8) is 0 Å². The number of phenolic OH excluding ortho intramolecular Hbond substituents is 1. The first-order valence-electron chi connectivity index (χ1n) is 6.09. The van der Waals surface area contributed by atoms with Crippen LogP contribution in [0.2, 0.25) is 0 Å². The predicted octanol–water partition coefficient (Wildman–Crippen LogP) is 1.91. The fraction of sp³-hybridized carbons (Fsp3) is 0.0714. The highest BCUT2D eigenvalue weighted by molar-refractivity contribution is 7.92. The highest BCUT2D eigenvalue weighted by Gasteiger charge is 2.20. The molecule has 0 saturated carbocycles. The average Bonchev–Trinajstić information content (AvgIpc) is 2.42. The number of anilines is 1. The minimum Gasteiger partial charge on any atom is -0.507 e. The molecule has 2 rings (SSSR count). The molecule has 2 aromatic rings. The van der Waals surface area contributed by atoms with E-state index >= 15 is 0 Å². The molecule has 7 nitrogen and oxygen atoms in total. The van der Waals surface area contributed by atoms with Crippen LogP contribution in [0.1, 0.15) is 15.9 Å². The van der Waals surface area contributed by atoms with E-state index in [-0.39, 0.29) is 16.3 Å². The molecule has 116 valence electrons. The molecule has 0 aromatic heterocycles. The van der Waals surface area contributed by atoms with Gasteiger partial charge in [0, 0.05) is 0 Å². The zero-order valence-electron chi connectivity index (χ0n) is 11.4. The zero-order chi connectivity index (χ0) is 16.5. The van der Waals surface area contributed by atoms with Gasteiger partial charge >= 0.3 is 5.97 Å². The average molecular weight is 323 g/mol. The van der Waals surface area contributed by atoms with Gasteiger partial charge in [-0.3, -0.25) is 4.72 Å². The maximum atomic E-state index is 12.2. The molecule has 0 fully saturated rings. The summed E-state index contributed by atoms with van der Waals surface area (Å²) in [4.78, 5) is 10.6. The van der Waals surface area contributed by atoms with Gasteiger partial charge in [-0.05, 0) is 42.8 Å². The molecule has 0 amide bonds. The van der Waals surface area contributed by atoms with Gasteiger partial charge in [0.2, 0.25) is 0 Å². The highest BCUT2D eigenvalue weighted by Crippen LogP contribution is 2.28. The summed E-state index contributed by atoms with van der Waals surface area (Å²) >= 11 is 0. The third kappa shape index (κ3) is 3.12. The molecular weight excluding hydrogens is 310 g/mol. The van der Waals surface area contributed by atoms with Crippen LogP contribution in [0.5, 0.6) is 11.5 Å². The summed E-state index contributed by atoms with van der Waals surface area (Å²) < 4.78 is 26.6. The second-order valence-corrected chi connectivity index (χ2v) is 6.29. The predicted molar refractivity (Wildman–Crippen MR) is 78.7 cm³/mol. The number of nitrogens with one attached hydrogen (secondary N) is 1. The van der Waals surface area contributed by atoms with E-state index in [0.717, 1.165) is 23.8 Å². The van der Waals surface area contributed by atoms with E-state index in [2.05, 4.69) is 4.72 Å². The van der Waals surface area contributed by atoms with E-state index < -0.39 is 27.3 Å². The molecule has 0 saturated heterocycles. The fourth-order valence-electron chi connectivity index (χ4n) is 1.79. The minimum atomic E-state index is -4.11. The van der Waals surface area contributed by atoms with E-state index in [1.165, 1.54) is 12.1 Å². The molecule has 0 heterocycles. The third-order valence-corrected chi connectivity index (χ3v) is 4.27. The first-order chi connectivity index (χ1) is 10.2. The number of phenols is 2. The van der Waals surface area contributed by atoms with E-state index in [4.69, 9.17) is 5.11 Å². The van der Waals surface area contributed by atoms with Crippen molar-refractivity contribution in [3.05, 3.63) is 47.5 Å². The molecule has 0 atom stereocenters. The van der Waals surface area contributed by atoms with Gasteiger partial charge in [-0.25, -0.2) is 13.2 Å². The quantitative estimate of drug-likeness (QED) is 0.637. The Labute approximate surface area is 126 Å². The first kappa shape index (κ1) is 15.6. The number of carbonyl (C=O) groups is 1. The molecule has 4 N–H and O–H groups in total. The number of rotatable bonds is 4. The molecular formula is C14H13NO6S. The van der Waals surface area contributed by atoms with Gasteiger partial charge in [-0.1, -0.05) is 6.07 Å². The summed E-state index contributed by atoms with van der Waals surface area (Å²) in [6.45, 7) is 1.73. The van der Waals surface area contributed by atoms with Crippen LogP contribution in [-0.4, -0.2) is 29.7 Å². The lowest BCUT2D eigenvalue weighted by Crippen LogP contribution is -2.14. The molecule has 8 heteroatoms. The van der Waals surface area contributed by atoms with Crippen molar-refractivity contribution in [1.82, 2.24) is 0 Å². The normalized spacial score (nSPS) is 11.1. The van der Waals surface area contributed by atoms with Crippen LogP contribution in [-0.2, 0) is 10.0 Å². The van der Waals surface area contributed by atoms with Gasteiger partial charge in [0.15, 0.2) is 0 Å². The largest absolute Gasteiger partial charge is 0.507 e. The van der Waals surface area contributed by atoms with Gasteiger partial charge in [0.05, 0.1) is 10.6 Å². The van der Waals surface area contributed by atoms with E-state index in [1.807, 2.05) is 0 Å². The topological polar surface area (TPSA) is 124 Å². The molecule has 0 radical (unpaired) electrons. The molecule has 2 aromatic carbocycles. The minimum absolute atomic E-state index is 0.0319. The second-order valence-electron chi connectivity index (χ2n) is 4.61. The third-order valence-electron chi connectivity index (χ3n) is 2.91. The van der Waals surface area contributed by atoms with Crippen molar-refractivity contribution >= 4 is 21.7 Å². The number of aromatic carboxylic acids is 1. The van der Waals surface area contributed by atoms with Crippen molar-refractivity contribution in [2.24, 2.45) is 0 Å². The molecule has 0 aliphatic rings. The Kier molecular flexibility index (Phi) is 3.96. The van der Waals surface area contributed by atoms with Crippen LogP contribution < -0.4 is 4.72 Å². The van der Waals surface area contributed by atoms with Crippen molar-refractivity contribution in [3.8, 4) is 11.5 Å². The number of aryl methyl sites for hydroxylation is 1. The van der Waals surface area contributed by atoms with Crippen molar-refractivity contribution < 1.29 is 28.5 Å². The van der Waals surface area contributed by atoms with Crippen molar-refractivity contribution in [1.29, 1.82) is 0 Å². The summed E-state index contributed by atoms with van der Waals surface area (Å²) in [6.07, 6.45) is 0. The Morgan fingerprint density at radius 3 is 2.32 bits per heavy atom. The van der Waals surface area contributed by atoms with Crippen molar-refractivity contribution in [2.45, 2.75) is 11.8 Å². The smallest absolute Gasteiger partial charge is 0.339 e. The lowest BCUT2D eigenvalue weighted by molar-refractivity contribution is 0.0693. The highest BCUT2D eigenvalue weighted by atomic mass is 32.2. The molecule has 0 spiro atoms. The maximum Gasteiger partial charge on any atom is 0.339 e. The first-order valence-corrected chi connectivity index (χ1v) is 7.58. The Morgan fingerprint density at radius 2 is 1.73 bits per heavy atom. The van der Waals surface area contributed by atoms with Crippen LogP contribution in [0.15, 0.2) is 41.3 Å². The number of hydrogen-bond donors (Lipinski definition) is 4. The van der Waals surface area contributed by atoms with Crippen LogP contribution in [0.4, 0.5) is 5.69 Å². The Balaban J connectivity index is 2.42. The summed E-state index contributed by atoms with van der Waals surface area (Å²) in [5.74, 6) is -2.24. The lowest BCUT2D eigenvalue weighted by Gasteiger charge is -2.11. The van der Waals surface area contributed by atoms with E-state index in [9.17, 15) is 23.4 Å². The number of hydrogen-bond acceptors (Lipinski definition) is 5. The summed E-state index contributed by atoms with van der Waals surface area (Å²) in [5, 5.41) is 28.0. The molecule has 0 aliphatic heterocycles. The van der Waals surface area contributed by atoms with Crippen LogP contribution in [0, 0.1) is 6.92 Å². The number of benzene rings is 2. The van der Waals surface area contributed by atoms with Crippen molar-refractivity contribution in [2.75, 3.05) is 4.72 Å². The number of carboxylic acids is 1. The summed E-state index contributed by atoms with van der Waals surface area (Å²) in [7, 11) is -4.11. The summed E-state index contributed by atoms with van der Waals surface area (Å²) in [6, 6.07) is 7.27. The zero-order valence-corrected chi connectivity index (χ0v) is 12.3. The van der Waals surface area contributed by atoms with Gasteiger partial charge in [-0.15, -0.1) is 0 Å². The standard InChI is InChI=1S/C14H13NO6S/c1-8-2-4-11(13(17)6-8)15-22(20,21)9-3-5-12(16)10(7-9)14(18)19/h2-7,15-17H,1H3,(H,18,19). The van der Waals surface area contributed by atoms with Gasteiger partial charge in [0.1, 0.15) is 17.1 Å². The number of aromatic hydroxyl groups is 2. The Bertz CT molecular complexity index is 844. The maximum absolute atomic E-state index is 12.2. The SMILES string of the molecule is Cc1ccc(NS(=O)(=O)c2ccc(O)c(C(=O)O)c2)c(O)c1. The molecule has 0 unspecified atom stereocenters. The summed E-state index contributed by atoms with van der Waals surface area (Å²) in [5.41, 5.74) is 0.185. The Morgan fingerprint density at radius 1 is 1.05 bits per heavy atom. The monoisotopic (exact) mass is 323 g/mol. The van der Waals surface area contributed by atoms with Gasteiger partial charge in [-0.2, -0.15) is 0 Å². The molecule has 22 heavy (non-hydrogen) atoms. The fourth-order valence-corrected chi connectivity index (χ4v) is 2.89. The molecule has 0 bridgehead atoms. The van der Waals surface area contributed by atoms with Crippen LogP contribution in [0.25, 0.3) is 0 Å². The molecule has 0 aliphatic carbocycles. The Hall–Kier alpha value is -2.74. The number of carboxylic acid groups (broad SMARTS) is 1. The van der Waals surface area contributed by atoms with Crippen LogP contribution >= 0.6 is 0 Å². The second kappa shape index (κ2) is 5.57. The van der Waals surface area contributed by atoms with Crippen LogP contribution in [0.3, 0.4) is 0 Å². The van der Waals surface area contributed by atoms with E-state index in [0.29, 0.717) is 0 Å². The van der Waals surface area contributed by atoms with Gasteiger partial charge in [0.25, 0.3) is 10.0 Å². The van der Waals surface area contributed by atoms with E-state index in [1.54, 1.807) is 13.0 Å². The number of sulfonamides is 1. The lowest BCUT2D eigenvalue weighted by atomic mass is 10.2. The van der Waals surface area contributed by atoms with Gasteiger partial charge < -0.3 is 15.3 Å².